The standard InChI is InChI=1S/C11H13ClF2N2O3S/c1-19-5-2-3-16-4-6-20(17,18)9-7(12)10(13)15-11(14)8(9)16/h2-6H2,1H3. The third-order valence-electron chi connectivity index (χ3n) is 3.02. The Labute approximate surface area is 120 Å². The van der Waals surface area contributed by atoms with Gasteiger partial charge in [-0.25, -0.2) is 8.42 Å². The number of hydrogen-bond acceptors (Lipinski definition) is 5. The summed E-state index contributed by atoms with van der Waals surface area (Å²) in [6.07, 6.45) is 0.574. The number of halogens is 3. The Morgan fingerprint density at radius 3 is 2.75 bits per heavy atom. The molecule has 9 heteroatoms. The van der Waals surface area contributed by atoms with Crippen molar-refractivity contribution in [1.29, 1.82) is 0 Å². The van der Waals surface area contributed by atoms with Gasteiger partial charge in [-0.15, -0.1) is 0 Å². The lowest BCUT2D eigenvalue weighted by atomic mass is 10.3. The topological polar surface area (TPSA) is 59.5 Å². The predicted molar refractivity (Wildman–Crippen MR) is 69.9 cm³/mol. The second kappa shape index (κ2) is 5.79. The zero-order valence-corrected chi connectivity index (χ0v) is 12.3. The van der Waals surface area contributed by atoms with Crippen molar-refractivity contribution in [1.82, 2.24) is 4.98 Å². The van der Waals surface area contributed by atoms with Crippen molar-refractivity contribution in [3.05, 3.63) is 16.9 Å². The lowest BCUT2D eigenvalue weighted by molar-refractivity contribution is 0.196. The van der Waals surface area contributed by atoms with E-state index in [1.165, 1.54) is 12.0 Å². The third kappa shape index (κ3) is 2.72. The van der Waals surface area contributed by atoms with Crippen LogP contribution in [0.5, 0.6) is 0 Å². The number of anilines is 1. The van der Waals surface area contributed by atoms with Crippen molar-refractivity contribution in [2.24, 2.45) is 0 Å². The Bertz CT molecular complexity index is 625. The van der Waals surface area contributed by atoms with Crippen molar-refractivity contribution in [3.8, 4) is 0 Å². The molecular weight excluding hydrogens is 314 g/mol. The van der Waals surface area contributed by atoms with Gasteiger partial charge in [0.15, 0.2) is 9.84 Å². The van der Waals surface area contributed by atoms with Crippen molar-refractivity contribution in [3.63, 3.8) is 0 Å². The van der Waals surface area contributed by atoms with Crippen molar-refractivity contribution in [2.75, 3.05) is 37.5 Å². The first-order valence-electron chi connectivity index (χ1n) is 5.89. The van der Waals surface area contributed by atoms with Gasteiger partial charge in [-0.05, 0) is 6.42 Å². The molecule has 20 heavy (non-hydrogen) atoms. The number of hydrogen-bond donors (Lipinski definition) is 0. The highest BCUT2D eigenvalue weighted by molar-refractivity contribution is 7.91. The number of aromatic nitrogens is 1. The zero-order valence-electron chi connectivity index (χ0n) is 10.7. The maximum absolute atomic E-state index is 13.9. The molecule has 0 saturated carbocycles. The molecule has 0 N–H and O–H groups in total. The van der Waals surface area contributed by atoms with Crippen molar-refractivity contribution in [2.45, 2.75) is 11.3 Å². The summed E-state index contributed by atoms with van der Waals surface area (Å²) in [7, 11) is -2.28. The molecule has 2 rings (SSSR count). The number of ether oxygens (including phenoxy) is 1. The molecule has 0 unspecified atom stereocenters. The molecule has 0 amide bonds. The summed E-state index contributed by atoms with van der Waals surface area (Å²) in [5.74, 6) is -2.72. The minimum atomic E-state index is -3.81. The van der Waals surface area contributed by atoms with Gasteiger partial charge in [0, 0.05) is 26.8 Å². The molecule has 1 aliphatic heterocycles. The maximum atomic E-state index is 13.9. The lowest BCUT2D eigenvalue weighted by Gasteiger charge is -2.31. The van der Waals surface area contributed by atoms with E-state index in [-0.39, 0.29) is 18.0 Å². The van der Waals surface area contributed by atoms with Crippen LogP contribution in [0.1, 0.15) is 6.42 Å². The molecular formula is C11H13ClF2N2O3S. The summed E-state index contributed by atoms with van der Waals surface area (Å²) in [5, 5.41) is -0.655. The first-order chi connectivity index (χ1) is 9.38. The monoisotopic (exact) mass is 326 g/mol. The molecule has 0 aliphatic carbocycles. The molecule has 0 aromatic carbocycles. The molecule has 0 saturated heterocycles. The summed E-state index contributed by atoms with van der Waals surface area (Å²) in [6.45, 7) is 0.930. The number of nitrogens with zero attached hydrogens (tertiary/aromatic N) is 2. The van der Waals surface area contributed by atoms with Crippen LogP contribution in [0.25, 0.3) is 0 Å². The van der Waals surface area contributed by atoms with Gasteiger partial charge in [-0.1, -0.05) is 11.6 Å². The van der Waals surface area contributed by atoms with Crippen LogP contribution in [0, 0.1) is 11.9 Å². The summed E-state index contributed by atoms with van der Waals surface area (Å²) < 4.78 is 56.1. The minimum absolute atomic E-state index is 0.111. The van der Waals surface area contributed by atoms with E-state index in [0.29, 0.717) is 19.6 Å². The van der Waals surface area contributed by atoms with Crippen LogP contribution in [-0.4, -0.2) is 46.0 Å². The molecule has 112 valence electrons. The molecule has 0 spiro atoms. The average molecular weight is 327 g/mol. The van der Waals surface area contributed by atoms with Crippen molar-refractivity contribution >= 4 is 27.1 Å². The number of rotatable bonds is 4. The van der Waals surface area contributed by atoms with E-state index in [0.717, 1.165) is 0 Å². The largest absolute Gasteiger partial charge is 0.385 e. The number of fused-ring (bicyclic) bond motifs is 1. The van der Waals surface area contributed by atoms with E-state index in [2.05, 4.69) is 4.98 Å². The Morgan fingerprint density at radius 2 is 2.10 bits per heavy atom. The van der Waals surface area contributed by atoms with Crippen LogP contribution in [0.4, 0.5) is 14.5 Å². The van der Waals surface area contributed by atoms with E-state index in [1.54, 1.807) is 0 Å². The smallest absolute Gasteiger partial charge is 0.240 e. The fourth-order valence-electron chi connectivity index (χ4n) is 2.11. The van der Waals surface area contributed by atoms with Crippen LogP contribution in [-0.2, 0) is 14.6 Å². The molecule has 0 atom stereocenters. The van der Waals surface area contributed by atoms with E-state index < -0.39 is 31.7 Å². The highest BCUT2D eigenvalue weighted by Gasteiger charge is 2.35. The third-order valence-corrected chi connectivity index (χ3v) is 5.22. The number of methoxy groups -OCH3 is 1. The first kappa shape index (κ1) is 15.4. The first-order valence-corrected chi connectivity index (χ1v) is 7.92. The second-order valence-corrected chi connectivity index (χ2v) is 6.76. The minimum Gasteiger partial charge on any atom is -0.385 e. The molecule has 1 aromatic rings. The van der Waals surface area contributed by atoms with Gasteiger partial charge in [0.05, 0.1) is 5.75 Å². The quantitative estimate of drug-likeness (QED) is 0.622. The van der Waals surface area contributed by atoms with Gasteiger partial charge in [-0.2, -0.15) is 13.8 Å². The Kier molecular flexibility index (Phi) is 4.46. The van der Waals surface area contributed by atoms with Crippen LogP contribution < -0.4 is 4.90 Å². The highest BCUT2D eigenvalue weighted by Crippen LogP contribution is 2.38. The van der Waals surface area contributed by atoms with Gasteiger partial charge in [0.2, 0.25) is 11.9 Å². The van der Waals surface area contributed by atoms with Crippen LogP contribution >= 0.6 is 11.6 Å². The summed E-state index contributed by atoms with van der Waals surface area (Å²) >= 11 is 5.66. The second-order valence-electron chi connectivity index (χ2n) is 4.34. The van der Waals surface area contributed by atoms with Crippen LogP contribution in [0.15, 0.2) is 4.90 Å². The SMILES string of the molecule is COCCCN1CCS(=O)(=O)c2c(Cl)c(F)nc(F)c21. The fourth-order valence-corrected chi connectivity index (χ4v) is 4.12. The summed E-state index contributed by atoms with van der Waals surface area (Å²) in [4.78, 5) is 4.02. The predicted octanol–water partition coefficient (Wildman–Crippen LogP) is 1.64. The van der Waals surface area contributed by atoms with E-state index >= 15 is 0 Å². The van der Waals surface area contributed by atoms with Crippen LogP contribution in [0.2, 0.25) is 5.02 Å². The number of sulfone groups is 1. The molecule has 0 bridgehead atoms. The zero-order chi connectivity index (χ0) is 14.9. The normalized spacial score (nSPS) is 17.1. The maximum Gasteiger partial charge on any atom is 0.240 e. The Morgan fingerprint density at radius 1 is 1.40 bits per heavy atom. The lowest BCUT2D eigenvalue weighted by Crippen LogP contribution is -2.37. The van der Waals surface area contributed by atoms with E-state index in [9.17, 15) is 17.2 Å². The average Bonchev–Trinajstić information content (AvgIpc) is 2.37. The Balaban J connectivity index is 2.50. The molecule has 2 heterocycles. The van der Waals surface area contributed by atoms with Crippen molar-refractivity contribution < 1.29 is 21.9 Å². The molecule has 5 nitrogen and oxygen atoms in total. The van der Waals surface area contributed by atoms with Gasteiger partial charge >= 0.3 is 0 Å². The summed E-state index contributed by atoms with van der Waals surface area (Å²) in [6, 6.07) is 0. The molecule has 0 fully saturated rings. The van der Waals surface area contributed by atoms with Gasteiger partial charge in [-0.3, -0.25) is 0 Å². The van der Waals surface area contributed by atoms with E-state index in [1.807, 2.05) is 0 Å². The molecule has 1 aromatic heterocycles. The Hall–Kier alpha value is -0.990. The molecule has 0 radical (unpaired) electrons. The summed E-state index contributed by atoms with van der Waals surface area (Å²) in [5.41, 5.74) is -0.251. The van der Waals surface area contributed by atoms with Gasteiger partial charge in [0.25, 0.3) is 0 Å². The van der Waals surface area contributed by atoms with Gasteiger partial charge in [0.1, 0.15) is 15.6 Å². The van der Waals surface area contributed by atoms with Crippen LogP contribution in [0.3, 0.4) is 0 Å². The van der Waals surface area contributed by atoms with Gasteiger partial charge < -0.3 is 9.64 Å². The van der Waals surface area contributed by atoms with E-state index in [4.69, 9.17) is 16.3 Å². The number of pyridine rings is 1. The molecule has 1 aliphatic rings. The fraction of sp³-hybridized carbons (Fsp3) is 0.545. The highest BCUT2D eigenvalue weighted by atomic mass is 35.5.